The number of aromatic nitrogens is 1. The minimum absolute atomic E-state index is 0.159. The van der Waals surface area contributed by atoms with Crippen molar-refractivity contribution in [1.82, 2.24) is 14.4 Å². The van der Waals surface area contributed by atoms with Crippen molar-refractivity contribution in [2.45, 2.75) is 58.4 Å². The maximum Gasteiger partial charge on any atom is 0.242 e. The Labute approximate surface area is 173 Å². The molecule has 29 heavy (non-hydrogen) atoms. The molecular formula is C24H33N3O2. The topological polar surface area (TPSA) is 45.6 Å². The summed E-state index contributed by atoms with van der Waals surface area (Å²) in [6.07, 6.45) is 7.69. The van der Waals surface area contributed by atoms with Crippen LogP contribution in [0.15, 0.2) is 30.5 Å². The first-order valence-corrected chi connectivity index (χ1v) is 11.3. The van der Waals surface area contributed by atoms with Crippen LogP contribution in [-0.2, 0) is 16.1 Å². The van der Waals surface area contributed by atoms with E-state index in [4.69, 9.17) is 0 Å². The molecule has 5 heteroatoms. The summed E-state index contributed by atoms with van der Waals surface area (Å²) in [6, 6.07) is 8.36. The van der Waals surface area contributed by atoms with E-state index in [1.807, 2.05) is 24.8 Å². The van der Waals surface area contributed by atoms with E-state index >= 15 is 0 Å². The van der Waals surface area contributed by atoms with Crippen LogP contribution in [0.4, 0.5) is 0 Å². The molecule has 1 saturated heterocycles. The Morgan fingerprint density at radius 1 is 1.07 bits per heavy atom. The summed E-state index contributed by atoms with van der Waals surface area (Å²) in [6.45, 7) is 7.57. The number of amides is 2. The minimum Gasteiger partial charge on any atom is -0.342 e. The summed E-state index contributed by atoms with van der Waals surface area (Å²) in [5.74, 6) is 1.13. The zero-order valence-electron chi connectivity index (χ0n) is 17.8. The van der Waals surface area contributed by atoms with E-state index in [-0.39, 0.29) is 11.8 Å². The third-order valence-electron chi connectivity index (χ3n) is 6.89. The van der Waals surface area contributed by atoms with Crippen molar-refractivity contribution >= 4 is 22.7 Å². The summed E-state index contributed by atoms with van der Waals surface area (Å²) < 4.78 is 2.10. The maximum absolute atomic E-state index is 12.9. The predicted octanol–water partition coefficient (Wildman–Crippen LogP) is 4.02. The fourth-order valence-corrected chi connectivity index (χ4v) is 5.20. The molecule has 4 rings (SSSR count). The van der Waals surface area contributed by atoms with Crippen molar-refractivity contribution in [3.8, 4) is 0 Å². The first kappa shape index (κ1) is 20.0. The zero-order valence-corrected chi connectivity index (χ0v) is 17.8. The number of nitrogens with zero attached hydrogens (tertiary/aromatic N) is 3. The Hall–Kier alpha value is -2.30. The van der Waals surface area contributed by atoms with Gasteiger partial charge >= 0.3 is 0 Å². The van der Waals surface area contributed by atoms with E-state index < -0.39 is 0 Å². The molecule has 1 aliphatic heterocycles. The van der Waals surface area contributed by atoms with Gasteiger partial charge in [-0.3, -0.25) is 9.59 Å². The normalized spacial score (nSPS) is 19.9. The molecule has 0 radical (unpaired) electrons. The van der Waals surface area contributed by atoms with Gasteiger partial charge in [-0.1, -0.05) is 31.0 Å². The number of benzene rings is 1. The quantitative estimate of drug-likeness (QED) is 0.742. The number of likely N-dealkylation sites (N-methyl/N-ethyl adjacent to an activating group) is 1. The van der Waals surface area contributed by atoms with Gasteiger partial charge in [0, 0.05) is 55.1 Å². The van der Waals surface area contributed by atoms with Crippen LogP contribution in [-0.4, -0.2) is 52.4 Å². The zero-order chi connectivity index (χ0) is 20.4. The second-order valence-electron chi connectivity index (χ2n) is 8.55. The molecule has 2 amide bonds. The lowest BCUT2D eigenvalue weighted by molar-refractivity contribution is -0.134. The van der Waals surface area contributed by atoms with E-state index in [2.05, 4.69) is 33.9 Å². The Morgan fingerprint density at radius 2 is 1.79 bits per heavy atom. The van der Waals surface area contributed by atoms with Crippen molar-refractivity contribution in [1.29, 1.82) is 0 Å². The van der Waals surface area contributed by atoms with Gasteiger partial charge < -0.3 is 14.4 Å². The highest BCUT2D eigenvalue weighted by Crippen LogP contribution is 2.36. The van der Waals surface area contributed by atoms with Crippen LogP contribution >= 0.6 is 0 Å². The number of carbonyl (C=O) groups is 2. The maximum atomic E-state index is 12.9. The largest absolute Gasteiger partial charge is 0.342 e. The highest BCUT2D eigenvalue weighted by atomic mass is 16.2. The molecule has 156 valence electrons. The van der Waals surface area contributed by atoms with Crippen LogP contribution < -0.4 is 0 Å². The average Bonchev–Trinajstić information content (AvgIpc) is 3.49. The predicted molar refractivity (Wildman–Crippen MR) is 116 cm³/mol. The number of likely N-dealkylation sites (tertiary alicyclic amines) is 1. The van der Waals surface area contributed by atoms with Crippen LogP contribution in [0.5, 0.6) is 0 Å². The average molecular weight is 396 g/mol. The van der Waals surface area contributed by atoms with Gasteiger partial charge in [0.2, 0.25) is 11.8 Å². The molecular weight excluding hydrogens is 362 g/mol. The lowest BCUT2D eigenvalue weighted by Crippen LogP contribution is -2.33. The van der Waals surface area contributed by atoms with Gasteiger partial charge in [0.1, 0.15) is 6.54 Å². The van der Waals surface area contributed by atoms with Gasteiger partial charge in [0.15, 0.2) is 0 Å². The molecule has 1 unspecified atom stereocenters. The molecule has 1 aromatic carbocycles. The third-order valence-corrected chi connectivity index (χ3v) is 6.89. The Kier molecular flexibility index (Phi) is 5.93. The van der Waals surface area contributed by atoms with E-state index in [9.17, 15) is 9.59 Å². The molecule has 0 N–H and O–H groups in total. The first-order chi connectivity index (χ1) is 14.1. The number of fused-ring (bicyclic) bond motifs is 1. The van der Waals surface area contributed by atoms with E-state index in [0.717, 1.165) is 51.0 Å². The van der Waals surface area contributed by atoms with Crippen LogP contribution in [0.3, 0.4) is 0 Å². The summed E-state index contributed by atoms with van der Waals surface area (Å²) in [5, 5.41) is 1.22. The number of hydrogen-bond donors (Lipinski definition) is 0. The van der Waals surface area contributed by atoms with Crippen LogP contribution in [0.25, 0.3) is 10.9 Å². The fraction of sp³-hybridized carbons (Fsp3) is 0.583. The molecule has 2 fully saturated rings. The lowest BCUT2D eigenvalue weighted by atomic mass is 9.98. The van der Waals surface area contributed by atoms with Crippen molar-refractivity contribution < 1.29 is 9.59 Å². The Balaban J connectivity index is 1.55. The summed E-state index contributed by atoms with van der Waals surface area (Å²) in [5.41, 5.74) is 2.40. The number of hydrogen-bond acceptors (Lipinski definition) is 2. The van der Waals surface area contributed by atoms with Gasteiger partial charge in [-0.2, -0.15) is 0 Å². The highest BCUT2D eigenvalue weighted by molar-refractivity contribution is 5.87. The van der Waals surface area contributed by atoms with E-state index in [1.165, 1.54) is 23.8 Å². The van der Waals surface area contributed by atoms with Gasteiger partial charge in [0.25, 0.3) is 0 Å². The van der Waals surface area contributed by atoms with E-state index in [1.54, 1.807) is 0 Å². The molecule has 0 bridgehead atoms. The summed E-state index contributed by atoms with van der Waals surface area (Å²) >= 11 is 0. The van der Waals surface area contributed by atoms with Gasteiger partial charge in [-0.25, -0.2) is 0 Å². The fourth-order valence-electron chi connectivity index (χ4n) is 5.20. The lowest BCUT2D eigenvalue weighted by Gasteiger charge is -2.20. The standard InChI is InChI=1S/C24H33N3O2/c1-3-25(4-2)23(28)17-27-16-21(20-11-7-8-12-22(20)27)19-13-14-26(15-19)24(29)18-9-5-6-10-18/h7-8,11-12,16,18-19H,3-6,9-10,13-15,17H2,1-2H3. The van der Waals surface area contributed by atoms with Crippen LogP contribution in [0.2, 0.25) is 0 Å². The molecule has 2 heterocycles. The molecule has 0 spiro atoms. The Bertz CT molecular complexity index is 877. The monoisotopic (exact) mass is 395 g/mol. The van der Waals surface area contributed by atoms with Gasteiger partial charge in [-0.15, -0.1) is 0 Å². The van der Waals surface area contributed by atoms with Crippen molar-refractivity contribution in [3.05, 3.63) is 36.0 Å². The summed E-state index contributed by atoms with van der Waals surface area (Å²) in [4.78, 5) is 29.5. The molecule has 1 atom stereocenters. The third kappa shape index (κ3) is 3.92. The second kappa shape index (κ2) is 8.60. The minimum atomic E-state index is 0.159. The first-order valence-electron chi connectivity index (χ1n) is 11.3. The SMILES string of the molecule is CCN(CC)C(=O)Cn1cc(C2CCN(C(=O)C3CCCC3)C2)c2ccccc21. The second-order valence-corrected chi connectivity index (χ2v) is 8.55. The van der Waals surface area contributed by atoms with Crippen molar-refractivity contribution in [3.63, 3.8) is 0 Å². The van der Waals surface area contributed by atoms with Crippen LogP contribution in [0, 0.1) is 5.92 Å². The highest BCUT2D eigenvalue weighted by Gasteiger charge is 2.33. The van der Waals surface area contributed by atoms with Gasteiger partial charge in [0.05, 0.1) is 0 Å². The number of para-hydroxylation sites is 1. The summed E-state index contributed by atoms with van der Waals surface area (Å²) in [7, 11) is 0. The molecule has 5 nitrogen and oxygen atoms in total. The molecule has 1 aromatic heterocycles. The Morgan fingerprint density at radius 3 is 2.52 bits per heavy atom. The van der Waals surface area contributed by atoms with Crippen molar-refractivity contribution in [2.75, 3.05) is 26.2 Å². The van der Waals surface area contributed by atoms with Crippen LogP contribution in [0.1, 0.15) is 57.4 Å². The number of rotatable bonds is 6. The molecule has 1 saturated carbocycles. The van der Waals surface area contributed by atoms with Gasteiger partial charge in [-0.05, 0) is 44.7 Å². The van der Waals surface area contributed by atoms with Crippen molar-refractivity contribution in [2.24, 2.45) is 5.92 Å². The number of carbonyl (C=O) groups excluding carboxylic acids is 2. The molecule has 2 aliphatic rings. The molecule has 1 aliphatic carbocycles. The smallest absolute Gasteiger partial charge is 0.242 e. The van der Waals surface area contributed by atoms with E-state index in [0.29, 0.717) is 18.4 Å². The molecule has 2 aromatic rings.